The Labute approximate surface area is 140 Å². The molecule has 24 heavy (non-hydrogen) atoms. The van der Waals surface area contributed by atoms with Crippen LogP contribution in [0.25, 0.3) is 0 Å². The molecule has 2 heterocycles. The maximum Gasteiger partial charge on any atom is 0.251 e. The number of anilines is 1. The summed E-state index contributed by atoms with van der Waals surface area (Å²) in [5, 5.41) is 2.98. The highest BCUT2D eigenvalue weighted by molar-refractivity contribution is 5.94. The predicted molar refractivity (Wildman–Crippen MR) is 89.9 cm³/mol. The van der Waals surface area contributed by atoms with Crippen molar-refractivity contribution in [2.24, 2.45) is 0 Å². The van der Waals surface area contributed by atoms with E-state index in [1.165, 1.54) is 19.2 Å². The molecular weight excluding hydrogens is 309 g/mol. The van der Waals surface area contributed by atoms with Gasteiger partial charge in [0.05, 0.1) is 7.11 Å². The van der Waals surface area contributed by atoms with Crippen molar-refractivity contribution < 1.29 is 13.9 Å². The molecule has 1 fully saturated rings. The van der Waals surface area contributed by atoms with Crippen molar-refractivity contribution in [2.45, 2.75) is 18.9 Å². The minimum Gasteiger partial charge on any atom is -0.494 e. The van der Waals surface area contributed by atoms with Crippen LogP contribution >= 0.6 is 0 Å². The third-order valence-electron chi connectivity index (χ3n) is 4.14. The zero-order valence-electron chi connectivity index (χ0n) is 13.5. The number of ether oxygens (including phenoxy) is 1. The van der Waals surface area contributed by atoms with Crippen molar-refractivity contribution >= 4 is 11.7 Å². The van der Waals surface area contributed by atoms with E-state index in [2.05, 4.69) is 15.2 Å². The fourth-order valence-corrected chi connectivity index (χ4v) is 2.92. The molecule has 1 amide bonds. The number of nitrogens with one attached hydrogen (secondary N) is 1. The van der Waals surface area contributed by atoms with Crippen molar-refractivity contribution in [3.05, 3.63) is 54.0 Å². The molecule has 0 saturated carbocycles. The highest BCUT2D eigenvalue weighted by Crippen LogP contribution is 2.19. The molecule has 5 nitrogen and oxygen atoms in total. The van der Waals surface area contributed by atoms with Crippen LogP contribution in [-0.2, 0) is 0 Å². The summed E-state index contributed by atoms with van der Waals surface area (Å²) in [5.41, 5.74) is 0.295. The van der Waals surface area contributed by atoms with Crippen LogP contribution in [-0.4, -0.2) is 37.1 Å². The number of hydrogen-bond acceptors (Lipinski definition) is 4. The van der Waals surface area contributed by atoms with Crippen LogP contribution in [0.4, 0.5) is 10.2 Å². The predicted octanol–water partition coefficient (Wildman–Crippen LogP) is 2.63. The molecule has 0 unspecified atom stereocenters. The van der Waals surface area contributed by atoms with Crippen LogP contribution in [0.5, 0.6) is 5.75 Å². The third-order valence-corrected chi connectivity index (χ3v) is 4.14. The maximum atomic E-state index is 13.8. The first-order valence-electron chi connectivity index (χ1n) is 7.98. The number of benzene rings is 1. The van der Waals surface area contributed by atoms with Crippen LogP contribution in [0.2, 0.25) is 0 Å². The summed E-state index contributed by atoms with van der Waals surface area (Å²) in [6.45, 7) is 1.61. The highest BCUT2D eigenvalue weighted by atomic mass is 19.1. The summed E-state index contributed by atoms with van der Waals surface area (Å²) in [5.74, 6) is 0.228. The Morgan fingerprint density at radius 1 is 1.38 bits per heavy atom. The lowest BCUT2D eigenvalue weighted by Crippen LogP contribution is -2.48. The van der Waals surface area contributed by atoms with Crippen LogP contribution in [0.1, 0.15) is 23.2 Å². The molecular formula is C18H20FN3O2. The molecule has 1 aromatic carbocycles. The Balaban J connectivity index is 1.65. The molecule has 0 bridgehead atoms. The van der Waals surface area contributed by atoms with Gasteiger partial charge in [0.2, 0.25) is 0 Å². The van der Waals surface area contributed by atoms with Gasteiger partial charge in [-0.25, -0.2) is 9.37 Å². The number of piperidine rings is 1. The van der Waals surface area contributed by atoms with Crippen molar-refractivity contribution in [3.8, 4) is 5.75 Å². The van der Waals surface area contributed by atoms with Crippen molar-refractivity contribution in [3.63, 3.8) is 0 Å². The van der Waals surface area contributed by atoms with E-state index in [0.29, 0.717) is 12.1 Å². The van der Waals surface area contributed by atoms with Gasteiger partial charge >= 0.3 is 0 Å². The molecule has 1 aromatic heterocycles. The zero-order valence-corrected chi connectivity index (χ0v) is 13.5. The molecule has 126 valence electrons. The molecule has 0 spiro atoms. The number of carbonyl (C=O) groups excluding carboxylic acids is 1. The lowest BCUT2D eigenvalue weighted by molar-refractivity contribution is 0.0932. The van der Waals surface area contributed by atoms with Gasteiger partial charge in [0.25, 0.3) is 5.91 Å². The maximum absolute atomic E-state index is 13.8. The Morgan fingerprint density at radius 2 is 2.25 bits per heavy atom. The fourth-order valence-electron chi connectivity index (χ4n) is 2.92. The minimum absolute atomic E-state index is 0.0124. The number of halogens is 1. The van der Waals surface area contributed by atoms with Gasteiger partial charge in [-0.05, 0) is 43.2 Å². The van der Waals surface area contributed by atoms with E-state index in [9.17, 15) is 9.18 Å². The molecule has 1 N–H and O–H groups in total. The zero-order chi connectivity index (χ0) is 16.9. The quantitative estimate of drug-likeness (QED) is 0.937. The van der Waals surface area contributed by atoms with Crippen LogP contribution in [0.15, 0.2) is 42.6 Å². The average Bonchev–Trinajstić information content (AvgIpc) is 2.62. The number of nitrogens with zero attached hydrogens (tertiary/aromatic N) is 2. The van der Waals surface area contributed by atoms with Gasteiger partial charge in [-0.15, -0.1) is 0 Å². The van der Waals surface area contributed by atoms with Gasteiger partial charge in [-0.2, -0.15) is 0 Å². The number of pyridine rings is 1. The van der Waals surface area contributed by atoms with E-state index in [1.54, 1.807) is 12.3 Å². The van der Waals surface area contributed by atoms with Crippen LogP contribution in [0.3, 0.4) is 0 Å². The molecule has 6 heteroatoms. The number of rotatable bonds is 4. The molecule has 3 rings (SSSR count). The first-order chi connectivity index (χ1) is 11.7. The van der Waals surface area contributed by atoms with E-state index in [1.807, 2.05) is 18.2 Å². The molecule has 0 radical (unpaired) electrons. The average molecular weight is 329 g/mol. The largest absolute Gasteiger partial charge is 0.494 e. The number of carbonyl (C=O) groups is 1. The molecule has 1 aliphatic rings. The summed E-state index contributed by atoms with van der Waals surface area (Å²) >= 11 is 0. The lowest BCUT2D eigenvalue weighted by Gasteiger charge is -2.34. The van der Waals surface area contributed by atoms with E-state index >= 15 is 0 Å². The fraction of sp³-hybridized carbons (Fsp3) is 0.333. The molecule has 1 saturated heterocycles. The Bertz CT molecular complexity index is 709. The van der Waals surface area contributed by atoms with Gasteiger partial charge < -0.3 is 15.0 Å². The molecule has 1 atom stereocenters. The standard InChI is InChI=1S/C18H20FN3O2/c1-24-16-8-7-13(11-15(16)19)18(23)21-14-5-4-10-22(12-14)17-6-2-3-9-20-17/h2-3,6-9,11,14H,4-5,10,12H2,1H3,(H,21,23)/t14-/m0/s1. The molecule has 1 aliphatic heterocycles. The Morgan fingerprint density at radius 3 is 2.96 bits per heavy atom. The first-order valence-corrected chi connectivity index (χ1v) is 7.98. The summed E-state index contributed by atoms with van der Waals surface area (Å²) < 4.78 is 18.6. The first kappa shape index (κ1) is 16.2. The topological polar surface area (TPSA) is 54.5 Å². The number of hydrogen-bond donors (Lipinski definition) is 1. The summed E-state index contributed by atoms with van der Waals surface area (Å²) in [6, 6.07) is 10.0. The van der Waals surface area contributed by atoms with Crippen LogP contribution in [0, 0.1) is 5.82 Å². The van der Waals surface area contributed by atoms with Crippen LogP contribution < -0.4 is 15.0 Å². The monoisotopic (exact) mass is 329 g/mol. The second-order valence-electron chi connectivity index (χ2n) is 5.80. The van der Waals surface area contributed by atoms with E-state index in [4.69, 9.17) is 4.74 Å². The number of aromatic nitrogens is 1. The normalized spacial score (nSPS) is 17.4. The number of methoxy groups -OCH3 is 1. The Hall–Kier alpha value is -2.63. The van der Waals surface area contributed by atoms with Gasteiger partial charge in [0.1, 0.15) is 5.82 Å². The second-order valence-corrected chi connectivity index (χ2v) is 5.80. The minimum atomic E-state index is -0.538. The van der Waals surface area contributed by atoms with Gasteiger partial charge in [0, 0.05) is 30.9 Å². The Kier molecular flexibility index (Phi) is 4.93. The van der Waals surface area contributed by atoms with Crippen molar-refractivity contribution in [2.75, 3.05) is 25.1 Å². The molecule has 2 aromatic rings. The third kappa shape index (κ3) is 3.64. The van der Waals surface area contributed by atoms with E-state index < -0.39 is 5.82 Å². The smallest absolute Gasteiger partial charge is 0.251 e. The van der Waals surface area contributed by atoms with Crippen molar-refractivity contribution in [1.82, 2.24) is 10.3 Å². The second kappa shape index (κ2) is 7.29. The summed E-state index contributed by atoms with van der Waals surface area (Å²) in [7, 11) is 1.40. The highest BCUT2D eigenvalue weighted by Gasteiger charge is 2.23. The van der Waals surface area contributed by atoms with E-state index in [0.717, 1.165) is 25.2 Å². The lowest BCUT2D eigenvalue weighted by atomic mass is 10.0. The summed E-state index contributed by atoms with van der Waals surface area (Å²) in [6.07, 6.45) is 3.63. The van der Waals surface area contributed by atoms with E-state index in [-0.39, 0.29) is 17.7 Å². The van der Waals surface area contributed by atoms with Gasteiger partial charge in [0.15, 0.2) is 11.6 Å². The SMILES string of the molecule is COc1ccc(C(=O)N[C@H]2CCCN(c3ccccn3)C2)cc1F. The van der Waals surface area contributed by atoms with Crippen molar-refractivity contribution in [1.29, 1.82) is 0 Å². The number of amides is 1. The van der Waals surface area contributed by atoms with Gasteiger partial charge in [-0.3, -0.25) is 4.79 Å². The summed E-state index contributed by atoms with van der Waals surface area (Å²) in [4.78, 5) is 18.9. The molecule has 0 aliphatic carbocycles. The van der Waals surface area contributed by atoms with Gasteiger partial charge in [-0.1, -0.05) is 6.07 Å².